The fraction of sp³-hybridized carbons (Fsp3) is 0.250. The number of hydrogen-bond donors (Lipinski definition) is 1. The van der Waals surface area contributed by atoms with Gasteiger partial charge in [-0.2, -0.15) is 0 Å². The first-order valence-electron chi connectivity index (χ1n) is 3.35. The lowest BCUT2D eigenvalue weighted by atomic mass is 10.3. The van der Waals surface area contributed by atoms with E-state index in [1.165, 1.54) is 0 Å². The van der Waals surface area contributed by atoms with Crippen molar-refractivity contribution in [2.75, 3.05) is 0 Å². The van der Waals surface area contributed by atoms with Gasteiger partial charge in [-0.25, -0.2) is 4.98 Å². The van der Waals surface area contributed by atoms with Crippen LogP contribution < -0.4 is 5.56 Å². The molecule has 58 valence electrons. The van der Waals surface area contributed by atoms with Gasteiger partial charge in [0.15, 0.2) is 0 Å². The van der Waals surface area contributed by atoms with E-state index in [0.29, 0.717) is 5.69 Å². The molecule has 0 spiro atoms. The molecule has 0 radical (unpaired) electrons. The fourth-order valence-corrected chi connectivity index (χ4v) is 0.839. The zero-order chi connectivity index (χ0) is 8.43. The second-order valence-corrected chi connectivity index (χ2v) is 2.37. The minimum absolute atomic E-state index is 0.131. The second-order valence-electron chi connectivity index (χ2n) is 2.37. The van der Waals surface area contributed by atoms with Gasteiger partial charge in [0.05, 0.1) is 5.69 Å². The van der Waals surface area contributed by atoms with Gasteiger partial charge in [-0.15, -0.1) is 0 Å². The Balaban J connectivity index is 3.43. The number of H-pyrrole nitrogens is 1. The molecule has 3 heteroatoms. The Bertz CT molecular complexity index is 338. The summed E-state index contributed by atoms with van der Waals surface area (Å²) in [6.45, 7) is 7.05. The van der Waals surface area contributed by atoms with Crippen molar-refractivity contribution in [3.63, 3.8) is 0 Å². The fourth-order valence-electron chi connectivity index (χ4n) is 0.839. The van der Waals surface area contributed by atoms with Gasteiger partial charge in [0.2, 0.25) is 0 Å². The van der Waals surface area contributed by atoms with E-state index in [1.807, 2.05) is 0 Å². The molecule has 0 saturated heterocycles. The van der Waals surface area contributed by atoms with Crippen molar-refractivity contribution >= 4 is 6.08 Å². The van der Waals surface area contributed by atoms with Crippen LogP contribution in [0.4, 0.5) is 0 Å². The summed E-state index contributed by atoms with van der Waals surface area (Å²) in [5.41, 5.74) is 1.84. The highest BCUT2D eigenvalue weighted by Gasteiger charge is 1.99. The number of nitrogens with one attached hydrogen (secondary N) is 1. The van der Waals surface area contributed by atoms with E-state index >= 15 is 0 Å². The third-order valence-corrected chi connectivity index (χ3v) is 1.50. The number of hydrogen-bond acceptors (Lipinski definition) is 2. The molecule has 0 fully saturated rings. The first-order chi connectivity index (χ1) is 5.15. The highest BCUT2D eigenvalue weighted by atomic mass is 16.1. The molecule has 0 bridgehead atoms. The van der Waals surface area contributed by atoms with Gasteiger partial charge < -0.3 is 4.98 Å². The van der Waals surface area contributed by atoms with Crippen molar-refractivity contribution in [1.82, 2.24) is 9.97 Å². The maximum absolute atomic E-state index is 11.0. The van der Waals surface area contributed by atoms with E-state index in [-0.39, 0.29) is 5.56 Å². The Morgan fingerprint density at radius 3 is 2.73 bits per heavy atom. The molecular formula is C8H10N2O. The molecule has 0 aliphatic carbocycles. The van der Waals surface area contributed by atoms with Crippen LogP contribution in [0.15, 0.2) is 11.4 Å². The van der Waals surface area contributed by atoms with E-state index in [9.17, 15) is 4.79 Å². The Kier molecular flexibility index (Phi) is 1.89. The van der Waals surface area contributed by atoms with Gasteiger partial charge in [-0.05, 0) is 19.9 Å². The van der Waals surface area contributed by atoms with E-state index in [4.69, 9.17) is 0 Å². The monoisotopic (exact) mass is 150 g/mol. The molecule has 11 heavy (non-hydrogen) atoms. The molecule has 1 rings (SSSR count). The van der Waals surface area contributed by atoms with Crippen LogP contribution in [-0.2, 0) is 0 Å². The average Bonchev–Trinajstić information content (AvgIpc) is 1.97. The van der Waals surface area contributed by atoms with Crippen LogP contribution in [0.5, 0.6) is 0 Å². The van der Waals surface area contributed by atoms with Crippen molar-refractivity contribution in [3.05, 3.63) is 34.0 Å². The number of aryl methyl sites for hydroxylation is 2. The van der Waals surface area contributed by atoms with Crippen molar-refractivity contribution < 1.29 is 0 Å². The first kappa shape index (κ1) is 7.72. The molecule has 3 nitrogen and oxygen atoms in total. The van der Waals surface area contributed by atoms with Crippen LogP contribution in [-0.4, -0.2) is 9.97 Å². The summed E-state index contributed by atoms with van der Waals surface area (Å²) in [5.74, 6) is 0. The second kappa shape index (κ2) is 2.70. The molecule has 1 heterocycles. The number of aromatic amines is 1. The van der Waals surface area contributed by atoms with Gasteiger partial charge in [0, 0.05) is 5.69 Å². The molecular weight excluding hydrogens is 140 g/mol. The van der Waals surface area contributed by atoms with Gasteiger partial charge in [-0.1, -0.05) is 6.58 Å². The number of aromatic nitrogens is 2. The summed E-state index contributed by atoms with van der Waals surface area (Å²) in [5, 5.41) is 0. The summed E-state index contributed by atoms with van der Waals surface area (Å²) in [6.07, 6.45) is 1.62. The highest BCUT2D eigenvalue weighted by Crippen LogP contribution is 1.99. The standard InChI is InChI=1S/C8H10N2O/c1-4-7-5(2)10-8(11)6(3)9-7/h4H,1H2,2-3H3,(H,10,11). The van der Waals surface area contributed by atoms with Crippen LogP contribution in [0.1, 0.15) is 17.1 Å². The van der Waals surface area contributed by atoms with Gasteiger partial charge in [-0.3, -0.25) is 4.79 Å². The van der Waals surface area contributed by atoms with Crippen molar-refractivity contribution in [1.29, 1.82) is 0 Å². The zero-order valence-corrected chi connectivity index (χ0v) is 6.64. The van der Waals surface area contributed by atoms with Crippen LogP contribution in [0.3, 0.4) is 0 Å². The summed E-state index contributed by atoms with van der Waals surface area (Å²) in [4.78, 5) is 17.7. The Morgan fingerprint density at radius 1 is 1.55 bits per heavy atom. The molecule has 0 amide bonds. The summed E-state index contributed by atoms with van der Waals surface area (Å²) < 4.78 is 0. The Hall–Kier alpha value is -1.38. The minimum atomic E-state index is -0.131. The normalized spacial score (nSPS) is 9.64. The zero-order valence-electron chi connectivity index (χ0n) is 6.64. The highest BCUT2D eigenvalue weighted by molar-refractivity contribution is 5.43. The third-order valence-electron chi connectivity index (χ3n) is 1.50. The van der Waals surface area contributed by atoms with Gasteiger partial charge >= 0.3 is 0 Å². The molecule has 1 aromatic rings. The van der Waals surface area contributed by atoms with E-state index in [0.717, 1.165) is 11.4 Å². The molecule has 0 atom stereocenters. The molecule has 0 saturated carbocycles. The first-order valence-corrected chi connectivity index (χ1v) is 3.35. The summed E-state index contributed by atoms with van der Waals surface area (Å²) >= 11 is 0. The predicted octanol–water partition coefficient (Wildman–Crippen LogP) is 1.03. The largest absolute Gasteiger partial charge is 0.323 e. The Morgan fingerprint density at radius 2 is 2.18 bits per heavy atom. The quantitative estimate of drug-likeness (QED) is 0.649. The van der Waals surface area contributed by atoms with Gasteiger partial charge in [0.25, 0.3) is 5.56 Å². The van der Waals surface area contributed by atoms with E-state index in [2.05, 4.69) is 16.5 Å². The third kappa shape index (κ3) is 1.37. The Labute approximate surface area is 64.8 Å². The molecule has 1 aromatic heterocycles. The van der Waals surface area contributed by atoms with E-state index in [1.54, 1.807) is 19.9 Å². The minimum Gasteiger partial charge on any atom is -0.323 e. The molecule has 0 aromatic carbocycles. The smallest absolute Gasteiger partial charge is 0.269 e. The van der Waals surface area contributed by atoms with Crippen LogP contribution in [0, 0.1) is 13.8 Å². The average molecular weight is 150 g/mol. The van der Waals surface area contributed by atoms with Crippen LogP contribution in [0.2, 0.25) is 0 Å². The summed E-state index contributed by atoms with van der Waals surface area (Å²) in [7, 11) is 0. The lowest BCUT2D eigenvalue weighted by molar-refractivity contribution is 1.00. The molecule has 0 aliphatic rings. The maximum atomic E-state index is 11.0. The lowest BCUT2D eigenvalue weighted by Gasteiger charge is -1.98. The van der Waals surface area contributed by atoms with Crippen molar-refractivity contribution in [2.45, 2.75) is 13.8 Å². The molecule has 0 aliphatic heterocycles. The molecule has 1 N–H and O–H groups in total. The topological polar surface area (TPSA) is 45.8 Å². The summed E-state index contributed by atoms with van der Waals surface area (Å²) in [6, 6.07) is 0. The van der Waals surface area contributed by atoms with Crippen LogP contribution >= 0.6 is 0 Å². The van der Waals surface area contributed by atoms with E-state index < -0.39 is 0 Å². The SMILES string of the molecule is C=Cc1nc(C)c(=O)[nH]c1C. The number of nitrogens with zero attached hydrogens (tertiary/aromatic N) is 1. The number of rotatable bonds is 1. The predicted molar refractivity (Wildman–Crippen MR) is 44.4 cm³/mol. The lowest BCUT2D eigenvalue weighted by Crippen LogP contribution is -2.14. The van der Waals surface area contributed by atoms with Crippen LogP contribution in [0.25, 0.3) is 6.08 Å². The van der Waals surface area contributed by atoms with Crippen molar-refractivity contribution in [2.24, 2.45) is 0 Å². The molecule has 0 unspecified atom stereocenters. The van der Waals surface area contributed by atoms with Gasteiger partial charge in [0.1, 0.15) is 5.69 Å². The van der Waals surface area contributed by atoms with Crippen molar-refractivity contribution in [3.8, 4) is 0 Å². The maximum Gasteiger partial charge on any atom is 0.269 e.